The lowest BCUT2D eigenvalue weighted by Crippen LogP contribution is -2.37. The molecule has 3 aromatic rings. The van der Waals surface area contributed by atoms with Crippen molar-refractivity contribution in [2.75, 3.05) is 6.61 Å². The maximum Gasteiger partial charge on any atom is 0.254 e. The van der Waals surface area contributed by atoms with Crippen LogP contribution in [0.25, 0.3) is 0 Å². The third-order valence-corrected chi connectivity index (χ3v) is 7.69. The summed E-state index contributed by atoms with van der Waals surface area (Å²) in [7, 11) is -3.84. The number of hydrogen-bond acceptors (Lipinski definition) is 5. The second kappa shape index (κ2) is 10.7. The van der Waals surface area contributed by atoms with Crippen LogP contribution in [0.5, 0.6) is 0 Å². The van der Waals surface area contributed by atoms with Crippen LogP contribution in [0.2, 0.25) is 0 Å². The first-order valence-electron chi connectivity index (χ1n) is 11.7. The van der Waals surface area contributed by atoms with E-state index in [4.69, 9.17) is 4.74 Å². The molecule has 4 rings (SSSR count). The number of ether oxygens (including phenoxy) is 1. The molecule has 186 valence electrons. The monoisotopic (exact) mass is 499 g/mol. The van der Waals surface area contributed by atoms with Gasteiger partial charge in [-0.25, -0.2) is 17.8 Å². The van der Waals surface area contributed by atoms with Gasteiger partial charge in [0.05, 0.1) is 36.8 Å². The van der Waals surface area contributed by atoms with Crippen LogP contribution in [0.4, 0.5) is 4.39 Å². The van der Waals surface area contributed by atoms with Gasteiger partial charge in [0.25, 0.3) is 5.91 Å². The maximum atomic E-state index is 13.4. The highest BCUT2D eigenvalue weighted by atomic mass is 32.2. The molecular formula is C26H30FN3O4S. The normalized spacial score (nSPS) is 16.1. The summed E-state index contributed by atoms with van der Waals surface area (Å²) in [6, 6.07) is 14.3. The Bertz CT molecular complexity index is 1250. The summed E-state index contributed by atoms with van der Waals surface area (Å²) in [6.07, 6.45) is 3.14. The molecule has 35 heavy (non-hydrogen) atoms. The smallest absolute Gasteiger partial charge is 0.254 e. The van der Waals surface area contributed by atoms with E-state index >= 15 is 0 Å². The Balaban J connectivity index is 1.67. The van der Waals surface area contributed by atoms with Crippen LogP contribution in [0.3, 0.4) is 0 Å². The minimum atomic E-state index is -3.84. The van der Waals surface area contributed by atoms with E-state index in [0.717, 1.165) is 12.8 Å². The van der Waals surface area contributed by atoms with Crippen molar-refractivity contribution in [1.82, 2.24) is 14.5 Å². The fourth-order valence-corrected chi connectivity index (χ4v) is 5.73. The van der Waals surface area contributed by atoms with Gasteiger partial charge < -0.3 is 14.2 Å². The number of imidazole rings is 1. The van der Waals surface area contributed by atoms with Crippen LogP contribution in [-0.2, 0) is 33.4 Å². The van der Waals surface area contributed by atoms with E-state index in [9.17, 15) is 17.6 Å². The fourth-order valence-electron chi connectivity index (χ4n) is 4.23. The Morgan fingerprint density at radius 2 is 1.89 bits per heavy atom. The number of carbonyl (C=O) groups is 1. The largest absolute Gasteiger partial charge is 0.376 e. The molecule has 1 aliphatic rings. The van der Waals surface area contributed by atoms with Crippen LogP contribution < -0.4 is 0 Å². The molecule has 1 fully saturated rings. The van der Waals surface area contributed by atoms with Gasteiger partial charge in [-0.3, -0.25) is 4.79 Å². The third kappa shape index (κ3) is 5.97. The Hall–Kier alpha value is -3.04. The van der Waals surface area contributed by atoms with E-state index in [1.807, 2.05) is 32.0 Å². The topological polar surface area (TPSA) is 81.5 Å². The predicted molar refractivity (Wildman–Crippen MR) is 130 cm³/mol. The lowest BCUT2D eigenvalue weighted by atomic mass is 10.1. The second-order valence-corrected chi connectivity index (χ2v) is 10.9. The first-order chi connectivity index (χ1) is 16.7. The molecule has 0 radical (unpaired) electrons. The molecule has 1 atom stereocenters. The van der Waals surface area contributed by atoms with Gasteiger partial charge >= 0.3 is 0 Å². The summed E-state index contributed by atoms with van der Waals surface area (Å²) in [5, 5.41) is -0.0665. The van der Waals surface area contributed by atoms with E-state index in [0.29, 0.717) is 30.0 Å². The molecule has 0 bridgehead atoms. The highest BCUT2D eigenvalue weighted by Crippen LogP contribution is 2.23. The maximum absolute atomic E-state index is 13.4. The van der Waals surface area contributed by atoms with Crippen LogP contribution in [-0.4, -0.2) is 47.5 Å². The van der Waals surface area contributed by atoms with Crippen molar-refractivity contribution in [3.8, 4) is 0 Å². The van der Waals surface area contributed by atoms with Gasteiger partial charge in [-0.2, -0.15) is 0 Å². The van der Waals surface area contributed by atoms with Crippen molar-refractivity contribution in [1.29, 1.82) is 0 Å². The van der Waals surface area contributed by atoms with E-state index in [1.165, 1.54) is 30.5 Å². The van der Waals surface area contributed by atoms with Crippen LogP contribution >= 0.6 is 0 Å². The highest BCUT2D eigenvalue weighted by molar-refractivity contribution is 7.90. The zero-order valence-corrected chi connectivity index (χ0v) is 20.7. The average Bonchev–Trinajstić information content (AvgIpc) is 3.49. The number of nitrogens with zero attached hydrogens (tertiary/aromatic N) is 3. The lowest BCUT2D eigenvalue weighted by molar-refractivity contribution is 0.0678. The first kappa shape index (κ1) is 25.1. The van der Waals surface area contributed by atoms with E-state index in [1.54, 1.807) is 21.6 Å². The molecule has 1 saturated heterocycles. The SMILES string of the molecule is CC(C)N(Cc1cnc(S(=O)(=O)Cc2ccc(F)cc2)n1C[C@@H]1CCCO1)C(=O)c1ccccc1. The Kier molecular flexibility index (Phi) is 7.66. The Morgan fingerprint density at radius 3 is 2.51 bits per heavy atom. The molecule has 0 unspecified atom stereocenters. The molecule has 2 aromatic carbocycles. The second-order valence-electron chi connectivity index (χ2n) is 9.06. The molecule has 1 aliphatic heterocycles. The van der Waals surface area contributed by atoms with Crippen molar-refractivity contribution in [2.24, 2.45) is 0 Å². The van der Waals surface area contributed by atoms with Crippen molar-refractivity contribution in [3.63, 3.8) is 0 Å². The number of aromatic nitrogens is 2. The van der Waals surface area contributed by atoms with Gasteiger partial charge in [-0.15, -0.1) is 0 Å². The highest BCUT2D eigenvalue weighted by Gasteiger charge is 2.29. The van der Waals surface area contributed by atoms with Crippen LogP contribution in [0.1, 0.15) is 48.3 Å². The molecule has 1 amide bonds. The Morgan fingerprint density at radius 1 is 1.17 bits per heavy atom. The summed E-state index contributed by atoms with van der Waals surface area (Å²) in [5.74, 6) is -0.863. The number of carbonyl (C=O) groups excluding carboxylic acids is 1. The molecular weight excluding hydrogens is 469 g/mol. The van der Waals surface area contributed by atoms with Gasteiger partial charge in [0, 0.05) is 18.2 Å². The van der Waals surface area contributed by atoms with E-state index < -0.39 is 15.7 Å². The number of rotatable bonds is 9. The number of hydrogen-bond donors (Lipinski definition) is 0. The van der Waals surface area contributed by atoms with E-state index in [2.05, 4.69) is 4.98 Å². The average molecular weight is 500 g/mol. The minimum Gasteiger partial charge on any atom is -0.376 e. The zero-order valence-electron chi connectivity index (χ0n) is 19.9. The standard InChI is InChI=1S/C26H30FN3O4S/c1-19(2)29(25(31)21-7-4-3-5-8-21)16-23-15-28-26(30(23)17-24-9-6-14-34-24)35(32,33)18-20-10-12-22(27)13-11-20/h3-5,7-8,10-13,15,19,24H,6,9,14,16-18H2,1-2H3/t24-/m0/s1. The lowest BCUT2D eigenvalue weighted by Gasteiger charge is -2.28. The van der Waals surface area contributed by atoms with Crippen LogP contribution in [0.15, 0.2) is 66.0 Å². The number of amides is 1. The summed E-state index contributed by atoms with van der Waals surface area (Å²) in [4.78, 5) is 19.2. The van der Waals surface area contributed by atoms with Gasteiger partial charge in [-0.05, 0) is 56.5 Å². The molecule has 7 nitrogen and oxygen atoms in total. The molecule has 9 heteroatoms. The van der Waals surface area contributed by atoms with Gasteiger partial charge in [0.15, 0.2) is 0 Å². The first-order valence-corrected chi connectivity index (χ1v) is 13.4. The summed E-state index contributed by atoms with van der Waals surface area (Å²) >= 11 is 0. The van der Waals surface area contributed by atoms with Crippen LogP contribution in [0, 0.1) is 5.82 Å². The molecule has 1 aromatic heterocycles. The number of benzene rings is 2. The predicted octanol–water partition coefficient (Wildman–Crippen LogP) is 4.23. The molecule has 0 saturated carbocycles. The number of sulfone groups is 1. The van der Waals surface area contributed by atoms with Crippen molar-refractivity contribution < 1.29 is 22.3 Å². The fraction of sp³-hybridized carbons (Fsp3) is 0.385. The summed E-state index contributed by atoms with van der Waals surface area (Å²) in [6.45, 7) is 5.02. The quantitative estimate of drug-likeness (QED) is 0.440. The molecule has 0 aliphatic carbocycles. The number of halogens is 1. The van der Waals surface area contributed by atoms with E-state index in [-0.39, 0.29) is 35.5 Å². The van der Waals surface area contributed by atoms with Gasteiger partial charge in [0.1, 0.15) is 5.82 Å². The molecule has 0 spiro atoms. The molecule has 2 heterocycles. The summed E-state index contributed by atoms with van der Waals surface area (Å²) in [5.41, 5.74) is 1.66. The van der Waals surface area contributed by atoms with Crippen molar-refractivity contribution in [2.45, 2.75) is 62.8 Å². The minimum absolute atomic E-state index is 0.0665. The van der Waals surface area contributed by atoms with Gasteiger partial charge in [-0.1, -0.05) is 30.3 Å². The molecule has 0 N–H and O–H groups in total. The third-order valence-electron chi connectivity index (χ3n) is 6.10. The van der Waals surface area contributed by atoms with Crippen molar-refractivity contribution >= 4 is 15.7 Å². The Labute approximate surface area is 205 Å². The zero-order chi connectivity index (χ0) is 25.0. The van der Waals surface area contributed by atoms with Crippen molar-refractivity contribution in [3.05, 3.63) is 83.4 Å². The summed E-state index contributed by atoms with van der Waals surface area (Å²) < 4.78 is 47.5. The van der Waals surface area contributed by atoms with Gasteiger partial charge in [0.2, 0.25) is 15.0 Å².